The largest absolute Gasteiger partial charge is 0.497 e. The van der Waals surface area contributed by atoms with Crippen LogP contribution in [0.1, 0.15) is 44.3 Å². The Kier molecular flexibility index (Phi) is 8.04. The summed E-state index contributed by atoms with van der Waals surface area (Å²) in [4.78, 5) is 12.5. The molecule has 0 aliphatic rings. The third kappa shape index (κ3) is 5.75. The maximum Gasteiger partial charge on any atom is 0.234 e. The molecule has 1 atom stereocenters. The van der Waals surface area contributed by atoms with Gasteiger partial charge in [-0.05, 0) is 69.7 Å². The second-order valence-electron chi connectivity index (χ2n) is 7.49. The molecule has 7 nitrogen and oxygen atoms in total. The molecular formula is C23H27ClN4O3S. The highest BCUT2D eigenvalue weighted by Crippen LogP contribution is 2.29. The minimum atomic E-state index is -0.324. The first-order valence-corrected chi connectivity index (χ1v) is 11.6. The Balaban J connectivity index is 1.68. The maximum absolute atomic E-state index is 12.5. The number of thioether (sulfide) groups is 1. The summed E-state index contributed by atoms with van der Waals surface area (Å²) in [5, 5.41) is 12.8. The number of nitrogens with one attached hydrogen (secondary N) is 1. The third-order valence-electron chi connectivity index (χ3n) is 4.82. The van der Waals surface area contributed by atoms with Crippen molar-refractivity contribution in [2.75, 3.05) is 18.2 Å². The molecule has 170 valence electrons. The quantitative estimate of drug-likeness (QED) is 0.401. The van der Waals surface area contributed by atoms with Crippen molar-refractivity contribution >= 4 is 35.0 Å². The number of aromatic nitrogens is 3. The van der Waals surface area contributed by atoms with Crippen molar-refractivity contribution in [3.63, 3.8) is 0 Å². The van der Waals surface area contributed by atoms with Gasteiger partial charge in [0.1, 0.15) is 11.5 Å². The monoisotopic (exact) mass is 474 g/mol. The van der Waals surface area contributed by atoms with Crippen LogP contribution in [-0.2, 0) is 4.79 Å². The van der Waals surface area contributed by atoms with Crippen LogP contribution in [0.25, 0.3) is 0 Å². The molecule has 0 fully saturated rings. The molecule has 0 saturated heterocycles. The van der Waals surface area contributed by atoms with E-state index in [1.165, 1.54) is 11.8 Å². The number of halogens is 1. The number of benzene rings is 2. The van der Waals surface area contributed by atoms with Crippen LogP contribution in [0, 0.1) is 6.92 Å². The lowest BCUT2D eigenvalue weighted by Gasteiger charge is -2.19. The van der Waals surface area contributed by atoms with Crippen molar-refractivity contribution in [2.24, 2.45) is 0 Å². The van der Waals surface area contributed by atoms with E-state index in [1.807, 2.05) is 68.7 Å². The molecule has 0 aliphatic carbocycles. The first kappa shape index (κ1) is 23.9. The lowest BCUT2D eigenvalue weighted by molar-refractivity contribution is -0.113. The molecule has 3 aromatic rings. The van der Waals surface area contributed by atoms with Crippen LogP contribution in [0.2, 0.25) is 5.02 Å². The number of carbonyl (C=O) groups is 1. The fourth-order valence-electron chi connectivity index (χ4n) is 3.12. The fraction of sp³-hybridized carbons (Fsp3) is 0.348. The Morgan fingerprint density at radius 2 is 1.81 bits per heavy atom. The highest BCUT2D eigenvalue weighted by atomic mass is 35.5. The molecule has 9 heteroatoms. The first-order valence-electron chi connectivity index (χ1n) is 10.2. The standard InChI is InChI=1S/C23H27ClN4O3S/c1-14(2)28-22(16(4)31-18-11-9-17(30-5)10-12-18)26-27-23(28)32-13-21(29)25-20-8-6-7-19(24)15(20)3/h6-12,14,16H,13H2,1-5H3,(H,25,29). The average Bonchev–Trinajstić information content (AvgIpc) is 3.20. The Labute approximate surface area is 197 Å². The van der Waals surface area contributed by atoms with Gasteiger partial charge >= 0.3 is 0 Å². The summed E-state index contributed by atoms with van der Waals surface area (Å²) in [5.74, 6) is 2.24. The number of methoxy groups -OCH3 is 1. The molecule has 0 bridgehead atoms. The molecule has 1 aromatic heterocycles. The van der Waals surface area contributed by atoms with Gasteiger partial charge in [0.25, 0.3) is 0 Å². The van der Waals surface area contributed by atoms with Gasteiger partial charge in [-0.25, -0.2) is 0 Å². The predicted molar refractivity (Wildman–Crippen MR) is 128 cm³/mol. The van der Waals surface area contributed by atoms with Gasteiger partial charge in [0.2, 0.25) is 5.91 Å². The van der Waals surface area contributed by atoms with Gasteiger partial charge in [-0.3, -0.25) is 4.79 Å². The second kappa shape index (κ2) is 10.7. The van der Waals surface area contributed by atoms with Gasteiger partial charge in [-0.2, -0.15) is 0 Å². The van der Waals surface area contributed by atoms with Crippen molar-refractivity contribution in [2.45, 2.75) is 45.0 Å². The van der Waals surface area contributed by atoms with E-state index < -0.39 is 0 Å². The number of ether oxygens (including phenoxy) is 2. The molecule has 0 aliphatic heterocycles. The van der Waals surface area contributed by atoms with Crippen LogP contribution in [0.4, 0.5) is 5.69 Å². The maximum atomic E-state index is 12.5. The molecule has 0 saturated carbocycles. The van der Waals surface area contributed by atoms with Crippen LogP contribution in [0.5, 0.6) is 11.5 Å². The zero-order chi connectivity index (χ0) is 23.3. The third-order valence-corrected chi connectivity index (χ3v) is 6.17. The summed E-state index contributed by atoms with van der Waals surface area (Å²) in [6, 6.07) is 12.9. The summed E-state index contributed by atoms with van der Waals surface area (Å²) in [7, 11) is 1.62. The number of nitrogens with zero attached hydrogens (tertiary/aromatic N) is 3. The van der Waals surface area contributed by atoms with Crippen molar-refractivity contribution in [3.8, 4) is 11.5 Å². The number of rotatable bonds is 9. The van der Waals surface area contributed by atoms with E-state index in [2.05, 4.69) is 15.5 Å². The van der Waals surface area contributed by atoms with Crippen molar-refractivity contribution in [1.29, 1.82) is 0 Å². The van der Waals surface area contributed by atoms with Crippen molar-refractivity contribution in [1.82, 2.24) is 14.8 Å². The molecule has 32 heavy (non-hydrogen) atoms. The molecule has 1 heterocycles. The van der Waals surface area contributed by atoms with Gasteiger partial charge in [-0.15, -0.1) is 10.2 Å². The van der Waals surface area contributed by atoms with Crippen molar-refractivity contribution in [3.05, 3.63) is 58.9 Å². The van der Waals surface area contributed by atoms with Gasteiger partial charge < -0.3 is 19.4 Å². The first-order chi connectivity index (χ1) is 15.3. The highest BCUT2D eigenvalue weighted by Gasteiger charge is 2.22. The van der Waals surface area contributed by atoms with Crippen LogP contribution >= 0.6 is 23.4 Å². The summed E-state index contributed by atoms with van der Waals surface area (Å²) >= 11 is 7.47. The molecule has 0 radical (unpaired) electrons. The number of hydrogen-bond acceptors (Lipinski definition) is 6. The van der Waals surface area contributed by atoms with E-state index in [0.717, 1.165) is 11.3 Å². The van der Waals surface area contributed by atoms with Crippen LogP contribution in [0.3, 0.4) is 0 Å². The lowest BCUT2D eigenvalue weighted by atomic mass is 10.2. The van der Waals surface area contributed by atoms with E-state index in [4.69, 9.17) is 21.1 Å². The summed E-state index contributed by atoms with van der Waals surface area (Å²) < 4.78 is 13.2. The SMILES string of the molecule is COc1ccc(OC(C)c2nnc(SCC(=O)Nc3cccc(Cl)c3C)n2C(C)C)cc1. The molecule has 1 unspecified atom stereocenters. The van der Waals surface area contributed by atoms with Crippen molar-refractivity contribution < 1.29 is 14.3 Å². The summed E-state index contributed by atoms with van der Waals surface area (Å²) in [5.41, 5.74) is 1.54. The van der Waals surface area contributed by atoms with E-state index in [0.29, 0.717) is 27.4 Å². The van der Waals surface area contributed by atoms with E-state index in [-0.39, 0.29) is 23.8 Å². The zero-order valence-corrected chi connectivity index (χ0v) is 20.3. The predicted octanol–water partition coefficient (Wildman–Crippen LogP) is 5.70. The summed E-state index contributed by atoms with van der Waals surface area (Å²) in [6.07, 6.45) is -0.324. The smallest absolute Gasteiger partial charge is 0.234 e. The van der Waals surface area contributed by atoms with Gasteiger partial charge in [-0.1, -0.05) is 29.4 Å². The Bertz CT molecular complexity index is 1070. The van der Waals surface area contributed by atoms with Gasteiger partial charge in [0.05, 0.1) is 12.9 Å². The van der Waals surface area contributed by atoms with E-state index >= 15 is 0 Å². The number of amides is 1. The highest BCUT2D eigenvalue weighted by molar-refractivity contribution is 7.99. The molecule has 2 aromatic carbocycles. The minimum absolute atomic E-state index is 0.0997. The molecule has 1 amide bonds. The number of anilines is 1. The van der Waals surface area contributed by atoms with Crippen LogP contribution < -0.4 is 14.8 Å². The van der Waals surface area contributed by atoms with E-state index in [9.17, 15) is 4.79 Å². The normalized spacial score (nSPS) is 12.0. The van der Waals surface area contributed by atoms with Crippen LogP contribution in [-0.4, -0.2) is 33.5 Å². The lowest BCUT2D eigenvalue weighted by Crippen LogP contribution is -2.17. The van der Waals surface area contributed by atoms with Crippen LogP contribution in [0.15, 0.2) is 47.6 Å². The molecular weight excluding hydrogens is 448 g/mol. The molecule has 1 N–H and O–H groups in total. The Hall–Kier alpha value is -2.71. The number of carbonyl (C=O) groups excluding carboxylic acids is 1. The van der Waals surface area contributed by atoms with Gasteiger partial charge in [0, 0.05) is 16.8 Å². The number of hydrogen-bond donors (Lipinski definition) is 1. The van der Waals surface area contributed by atoms with Gasteiger partial charge in [0.15, 0.2) is 17.1 Å². The second-order valence-corrected chi connectivity index (χ2v) is 8.84. The molecule has 0 spiro atoms. The Morgan fingerprint density at radius 1 is 1.12 bits per heavy atom. The van der Waals surface area contributed by atoms with E-state index in [1.54, 1.807) is 13.2 Å². The fourth-order valence-corrected chi connectivity index (χ4v) is 4.17. The Morgan fingerprint density at radius 3 is 2.47 bits per heavy atom. The minimum Gasteiger partial charge on any atom is -0.497 e. The molecule has 3 rings (SSSR count). The average molecular weight is 475 g/mol. The zero-order valence-electron chi connectivity index (χ0n) is 18.8. The summed E-state index contributed by atoms with van der Waals surface area (Å²) in [6.45, 7) is 7.89. The topological polar surface area (TPSA) is 78.3 Å².